The molecule has 0 aliphatic carbocycles. The van der Waals surface area contributed by atoms with Gasteiger partial charge in [-0.2, -0.15) is 5.26 Å². The third kappa shape index (κ3) is 3.12. The molecule has 2 heterocycles. The fourth-order valence-corrected chi connectivity index (χ4v) is 2.29. The molecular weight excluding hydrogens is 228 g/mol. The average Bonchev–Trinajstić information content (AvgIpc) is 2.88. The van der Waals surface area contributed by atoms with Gasteiger partial charge in [0.15, 0.2) is 0 Å². The number of rotatable bonds is 5. The number of ether oxygens (including phenoxy) is 1. The van der Waals surface area contributed by atoms with Crippen molar-refractivity contribution in [3.8, 4) is 6.07 Å². The zero-order chi connectivity index (χ0) is 12.8. The quantitative estimate of drug-likeness (QED) is 0.751. The minimum Gasteiger partial charge on any atom is -0.464 e. The van der Waals surface area contributed by atoms with E-state index in [0.29, 0.717) is 13.0 Å². The molecule has 1 aliphatic rings. The van der Waals surface area contributed by atoms with Gasteiger partial charge >= 0.3 is 0 Å². The lowest BCUT2D eigenvalue weighted by Crippen LogP contribution is -2.39. The molecule has 0 amide bonds. The van der Waals surface area contributed by atoms with Gasteiger partial charge < -0.3 is 9.15 Å². The molecule has 1 aromatic heterocycles. The topological polar surface area (TPSA) is 49.4 Å². The third-order valence-electron chi connectivity index (χ3n) is 3.33. The van der Waals surface area contributed by atoms with Crippen molar-refractivity contribution in [1.29, 1.82) is 5.26 Å². The normalized spacial score (nSPS) is 20.8. The van der Waals surface area contributed by atoms with E-state index in [1.54, 1.807) is 0 Å². The van der Waals surface area contributed by atoms with E-state index >= 15 is 0 Å². The Labute approximate surface area is 108 Å². The summed E-state index contributed by atoms with van der Waals surface area (Å²) >= 11 is 0. The summed E-state index contributed by atoms with van der Waals surface area (Å²) in [6.07, 6.45) is 2.44. The lowest BCUT2D eigenvalue weighted by Gasteiger charge is -2.34. The van der Waals surface area contributed by atoms with Crippen LogP contribution in [0.1, 0.15) is 37.3 Å². The van der Waals surface area contributed by atoms with Crippen LogP contribution in [-0.2, 0) is 11.2 Å². The summed E-state index contributed by atoms with van der Waals surface area (Å²) in [6.45, 7) is 5.39. The maximum atomic E-state index is 8.60. The van der Waals surface area contributed by atoms with Crippen molar-refractivity contribution in [2.45, 2.75) is 32.2 Å². The first kappa shape index (κ1) is 13.1. The molecule has 0 saturated carbocycles. The molecule has 1 saturated heterocycles. The van der Waals surface area contributed by atoms with Crippen LogP contribution < -0.4 is 0 Å². The van der Waals surface area contributed by atoms with Crippen molar-refractivity contribution in [3.63, 3.8) is 0 Å². The number of hydrogen-bond acceptors (Lipinski definition) is 4. The van der Waals surface area contributed by atoms with Crippen molar-refractivity contribution in [2.75, 3.05) is 26.3 Å². The van der Waals surface area contributed by atoms with Gasteiger partial charge in [0.1, 0.15) is 11.5 Å². The van der Waals surface area contributed by atoms with Gasteiger partial charge in [0.25, 0.3) is 0 Å². The Balaban J connectivity index is 2.00. The molecular formula is C14H20N2O2. The highest BCUT2D eigenvalue weighted by Gasteiger charge is 2.26. The number of nitriles is 1. The molecule has 1 aliphatic heterocycles. The Morgan fingerprint density at radius 3 is 3.11 bits per heavy atom. The Kier molecular flexibility index (Phi) is 4.80. The molecule has 1 atom stereocenters. The predicted molar refractivity (Wildman–Crippen MR) is 68.1 cm³/mol. The fourth-order valence-electron chi connectivity index (χ4n) is 2.29. The Morgan fingerprint density at radius 2 is 2.39 bits per heavy atom. The van der Waals surface area contributed by atoms with Crippen LogP contribution in [-0.4, -0.2) is 31.2 Å². The summed E-state index contributed by atoms with van der Waals surface area (Å²) in [5.74, 6) is 2.01. The summed E-state index contributed by atoms with van der Waals surface area (Å²) in [4.78, 5) is 2.36. The van der Waals surface area contributed by atoms with Crippen molar-refractivity contribution < 1.29 is 9.15 Å². The maximum Gasteiger partial charge on any atom is 0.123 e. The summed E-state index contributed by atoms with van der Waals surface area (Å²) in [5.41, 5.74) is 0. The largest absolute Gasteiger partial charge is 0.464 e. The van der Waals surface area contributed by atoms with Crippen LogP contribution in [0.4, 0.5) is 0 Å². The van der Waals surface area contributed by atoms with Gasteiger partial charge in [-0.1, -0.05) is 6.92 Å². The molecule has 1 fully saturated rings. The highest BCUT2D eigenvalue weighted by molar-refractivity contribution is 5.11. The molecule has 0 bridgehead atoms. The van der Waals surface area contributed by atoms with Gasteiger partial charge in [0.05, 0.1) is 25.3 Å². The molecule has 0 unspecified atom stereocenters. The average molecular weight is 248 g/mol. The van der Waals surface area contributed by atoms with Crippen molar-refractivity contribution in [2.24, 2.45) is 0 Å². The highest BCUT2D eigenvalue weighted by Crippen LogP contribution is 2.26. The number of aryl methyl sites for hydroxylation is 1. The van der Waals surface area contributed by atoms with Gasteiger partial charge in [-0.25, -0.2) is 0 Å². The lowest BCUT2D eigenvalue weighted by molar-refractivity contribution is -0.0166. The maximum absolute atomic E-state index is 8.60. The summed E-state index contributed by atoms with van der Waals surface area (Å²) in [7, 11) is 0. The molecule has 0 aromatic carbocycles. The molecule has 0 N–H and O–H groups in total. The molecule has 0 spiro atoms. The van der Waals surface area contributed by atoms with Crippen LogP contribution in [0.2, 0.25) is 0 Å². The number of morpholine rings is 1. The Morgan fingerprint density at radius 1 is 1.50 bits per heavy atom. The first-order valence-corrected chi connectivity index (χ1v) is 6.62. The SMILES string of the molecule is CCc1ccc([C@H]2COCCN2CCCC#N)o1. The van der Waals surface area contributed by atoms with Crippen LogP contribution in [0, 0.1) is 11.3 Å². The van der Waals surface area contributed by atoms with E-state index in [-0.39, 0.29) is 6.04 Å². The van der Waals surface area contributed by atoms with E-state index in [9.17, 15) is 0 Å². The number of unbranched alkanes of at least 4 members (excludes halogenated alkanes) is 1. The van der Waals surface area contributed by atoms with Crippen molar-refractivity contribution >= 4 is 0 Å². The van der Waals surface area contributed by atoms with E-state index in [2.05, 4.69) is 24.0 Å². The molecule has 1 aromatic rings. The molecule has 4 nitrogen and oxygen atoms in total. The zero-order valence-corrected chi connectivity index (χ0v) is 10.9. The lowest BCUT2D eigenvalue weighted by atomic mass is 10.1. The van der Waals surface area contributed by atoms with Gasteiger partial charge in [-0.3, -0.25) is 4.90 Å². The summed E-state index contributed by atoms with van der Waals surface area (Å²) in [5, 5.41) is 8.60. The zero-order valence-electron chi connectivity index (χ0n) is 10.9. The van der Waals surface area contributed by atoms with Gasteiger partial charge in [-0.15, -0.1) is 0 Å². The van der Waals surface area contributed by atoms with E-state index in [4.69, 9.17) is 14.4 Å². The first-order chi connectivity index (χ1) is 8.85. The van der Waals surface area contributed by atoms with Crippen LogP contribution in [0.5, 0.6) is 0 Å². The van der Waals surface area contributed by atoms with E-state index in [1.807, 2.05) is 6.07 Å². The number of hydrogen-bond donors (Lipinski definition) is 0. The Bertz CT molecular complexity index is 408. The smallest absolute Gasteiger partial charge is 0.123 e. The minimum absolute atomic E-state index is 0.206. The first-order valence-electron chi connectivity index (χ1n) is 6.62. The van der Waals surface area contributed by atoms with Crippen molar-refractivity contribution in [3.05, 3.63) is 23.7 Å². The second-order valence-corrected chi connectivity index (χ2v) is 4.55. The van der Waals surface area contributed by atoms with E-state index in [0.717, 1.165) is 44.1 Å². The van der Waals surface area contributed by atoms with Crippen LogP contribution in [0.3, 0.4) is 0 Å². The standard InChI is InChI=1S/C14H20N2O2/c1-2-12-5-6-14(18-12)13-11-17-10-9-16(13)8-4-3-7-15/h5-6,13H,2-4,8-11H2,1H3/t13-/m1/s1. The predicted octanol–water partition coefficient (Wildman–Crippen LogP) is 2.52. The fraction of sp³-hybridized carbons (Fsp3) is 0.643. The molecule has 98 valence electrons. The second-order valence-electron chi connectivity index (χ2n) is 4.55. The van der Waals surface area contributed by atoms with Crippen LogP contribution in [0.15, 0.2) is 16.5 Å². The Hall–Kier alpha value is -1.31. The molecule has 0 radical (unpaired) electrons. The highest BCUT2D eigenvalue weighted by atomic mass is 16.5. The molecule has 2 rings (SSSR count). The summed E-state index contributed by atoms with van der Waals surface area (Å²) < 4.78 is 11.4. The summed E-state index contributed by atoms with van der Waals surface area (Å²) in [6, 6.07) is 6.49. The second kappa shape index (κ2) is 6.58. The van der Waals surface area contributed by atoms with Gasteiger partial charge in [-0.05, 0) is 18.6 Å². The van der Waals surface area contributed by atoms with Gasteiger partial charge in [0, 0.05) is 25.9 Å². The van der Waals surface area contributed by atoms with Crippen molar-refractivity contribution in [1.82, 2.24) is 4.90 Å². The third-order valence-corrected chi connectivity index (χ3v) is 3.33. The molecule has 18 heavy (non-hydrogen) atoms. The van der Waals surface area contributed by atoms with Gasteiger partial charge in [0.2, 0.25) is 0 Å². The van der Waals surface area contributed by atoms with E-state index < -0.39 is 0 Å². The monoisotopic (exact) mass is 248 g/mol. The van der Waals surface area contributed by atoms with Crippen LogP contribution in [0.25, 0.3) is 0 Å². The minimum atomic E-state index is 0.206. The molecule has 4 heteroatoms. The van der Waals surface area contributed by atoms with E-state index in [1.165, 1.54) is 0 Å². The number of nitrogens with zero attached hydrogens (tertiary/aromatic N) is 2. The van der Waals surface area contributed by atoms with Crippen LogP contribution >= 0.6 is 0 Å². The number of furan rings is 1.